The molecule has 7 heteroatoms. The molecule has 20 heavy (non-hydrogen) atoms. The minimum Gasteiger partial charge on any atom is -0.396 e. The molecule has 3 aromatic rings. The average Bonchev–Trinajstić information content (AvgIpc) is 2.99. The number of hydrogen-bond acceptors (Lipinski definition) is 3. The summed E-state index contributed by atoms with van der Waals surface area (Å²) in [6.07, 6.45) is 1.74. The van der Waals surface area contributed by atoms with Crippen LogP contribution in [0.2, 0.25) is 14.4 Å². The van der Waals surface area contributed by atoms with Crippen molar-refractivity contribution in [3.8, 4) is 16.9 Å². The molecule has 0 aliphatic heterocycles. The Kier molecular flexibility index (Phi) is 3.65. The van der Waals surface area contributed by atoms with Gasteiger partial charge in [-0.15, -0.1) is 11.3 Å². The van der Waals surface area contributed by atoms with E-state index in [2.05, 4.69) is 5.10 Å². The summed E-state index contributed by atoms with van der Waals surface area (Å²) in [7, 11) is 0. The molecule has 0 saturated carbocycles. The van der Waals surface area contributed by atoms with E-state index in [1.54, 1.807) is 23.0 Å². The first kappa shape index (κ1) is 13.8. The normalized spacial score (nSPS) is 10.9. The lowest BCUT2D eigenvalue weighted by Crippen LogP contribution is -1.94. The molecule has 102 valence electrons. The Morgan fingerprint density at radius 3 is 2.55 bits per heavy atom. The van der Waals surface area contributed by atoms with E-state index in [4.69, 9.17) is 40.5 Å². The highest BCUT2D eigenvalue weighted by molar-refractivity contribution is 7.14. The van der Waals surface area contributed by atoms with Gasteiger partial charge in [0.15, 0.2) is 0 Å². The summed E-state index contributed by atoms with van der Waals surface area (Å²) in [6, 6.07) is 7.12. The van der Waals surface area contributed by atoms with E-state index in [0.29, 0.717) is 25.8 Å². The monoisotopic (exact) mass is 343 g/mol. The first-order valence-electron chi connectivity index (χ1n) is 5.59. The van der Waals surface area contributed by atoms with Gasteiger partial charge >= 0.3 is 0 Å². The van der Waals surface area contributed by atoms with Crippen molar-refractivity contribution >= 4 is 51.8 Å². The third kappa shape index (κ3) is 2.52. The zero-order chi connectivity index (χ0) is 14.3. The van der Waals surface area contributed by atoms with Crippen molar-refractivity contribution in [1.82, 2.24) is 9.78 Å². The van der Waals surface area contributed by atoms with Crippen molar-refractivity contribution in [3.63, 3.8) is 0 Å². The quantitative estimate of drug-likeness (QED) is 0.699. The van der Waals surface area contributed by atoms with Crippen molar-refractivity contribution in [3.05, 3.63) is 50.2 Å². The Bertz CT molecular complexity index is 779. The van der Waals surface area contributed by atoms with Gasteiger partial charge in [0, 0.05) is 10.9 Å². The fourth-order valence-corrected chi connectivity index (χ4v) is 2.96. The zero-order valence-corrected chi connectivity index (χ0v) is 13.1. The van der Waals surface area contributed by atoms with Crippen molar-refractivity contribution < 1.29 is 0 Å². The predicted molar refractivity (Wildman–Crippen MR) is 86.3 cm³/mol. The molecule has 0 aliphatic rings. The van der Waals surface area contributed by atoms with E-state index in [1.165, 1.54) is 11.3 Å². The summed E-state index contributed by atoms with van der Waals surface area (Å²) in [6.45, 7) is 0. The molecule has 0 fully saturated rings. The van der Waals surface area contributed by atoms with Crippen molar-refractivity contribution in [2.75, 3.05) is 5.73 Å². The van der Waals surface area contributed by atoms with E-state index < -0.39 is 0 Å². The molecule has 3 rings (SSSR count). The molecular formula is C13H8Cl3N3S. The van der Waals surface area contributed by atoms with Crippen LogP contribution in [0.3, 0.4) is 0 Å². The third-order valence-corrected chi connectivity index (χ3v) is 4.58. The van der Waals surface area contributed by atoms with Gasteiger partial charge in [0.1, 0.15) is 5.69 Å². The highest BCUT2D eigenvalue weighted by Crippen LogP contribution is 2.32. The van der Waals surface area contributed by atoms with Gasteiger partial charge in [-0.2, -0.15) is 5.10 Å². The molecule has 0 aliphatic carbocycles. The van der Waals surface area contributed by atoms with Crippen LogP contribution in [-0.4, -0.2) is 9.78 Å². The SMILES string of the molecule is Nc1cn(-c2ccc(Cl)c(Cl)c2)nc1-c1csc(Cl)c1. The Morgan fingerprint density at radius 2 is 1.90 bits per heavy atom. The van der Waals surface area contributed by atoms with E-state index in [-0.39, 0.29) is 0 Å². The van der Waals surface area contributed by atoms with Crippen molar-refractivity contribution in [2.24, 2.45) is 0 Å². The maximum atomic E-state index is 6.01. The second-order valence-electron chi connectivity index (χ2n) is 4.12. The van der Waals surface area contributed by atoms with Crippen LogP contribution in [0, 0.1) is 0 Å². The molecule has 0 saturated heterocycles. The van der Waals surface area contributed by atoms with Gasteiger partial charge in [0.2, 0.25) is 0 Å². The van der Waals surface area contributed by atoms with Gasteiger partial charge in [-0.1, -0.05) is 34.8 Å². The Morgan fingerprint density at radius 1 is 1.10 bits per heavy atom. The highest BCUT2D eigenvalue weighted by atomic mass is 35.5. The maximum absolute atomic E-state index is 6.01. The number of nitrogens with zero attached hydrogens (tertiary/aromatic N) is 2. The van der Waals surface area contributed by atoms with Gasteiger partial charge in [0.05, 0.1) is 32.0 Å². The summed E-state index contributed by atoms with van der Waals surface area (Å²) in [5, 5.41) is 7.36. The van der Waals surface area contributed by atoms with Crippen LogP contribution in [0.15, 0.2) is 35.8 Å². The molecular weight excluding hydrogens is 337 g/mol. The molecule has 2 heterocycles. The Labute approximate surface area is 134 Å². The van der Waals surface area contributed by atoms with E-state index in [0.717, 1.165) is 11.3 Å². The van der Waals surface area contributed by atoms with Crippen LogP contribution in [-0.2, 0) is 0 Å². The Hall–Kier alpha value is -1.20. The molecule has 2 N–H and O–H groups in total. The number of anilines is 1. The second-order valence-corrected chi connectivity index (χ2v) is 6.47. The molecule has 3 nitrogen and oxygen atoms in total. The molecule has 0 radical (unpaired) electrons. The van der Waals surface area contributed by atoms with E-state index in [9.17, 15) is 0 Å². The number of halogens is 3. The van der Waals surface area contributed by atoms with Gasteiger partial charge in [-0.3, -0.25) is 0 Å². The fourth-order valence-electron chi connectivity index (χ4n) is 1.81. The van der Waals surface area contributed by atoms with Gasteiger partial charge in [-0.05, 0) is 24.3 Å². The van der Waals surface area contributed by atoms with Gasteiger partial charge < -0.3 is 5.73 Å². The third-order valence-electron chi connectivity index (χ3n) is 2.75. The smallest absolute Gasteiger partial charge is 0.117 e. The molecule has 0 amide bonds. The number of thiophene rings is 1. The maximum Gasteiger partial charge on any atom is 0.117 e. The minimum atomic E-state index is 0.471. The molecule has 1 aromatic carbocycles. The van der Waals surface area contributed by atoms with Crippen molar-refractivity contribution in [1.29, 1.82) is 0 Å². The zero-order valence-electron chi connectivity index (χ0n) is 9.98. The number of rotatable bonds is 2. The molecule has 2 aromatic heterocycles. The summed E-state index contributed by atoms with van der Waals surface area (Å²) in [5.41, 5.74) is 8.97. The standard InChI is InChI=1S/C13H8Cl3N3S/c14-9-2-1-8(4-10(9)15)19-5-11(17)13(18-19)7-3-12(16)20-6-7/h1-6H,17H2. The number of benzene rings is 1. The summed E-state index contributed by atoms with van der Waals surface area (Å²) in [4.78, 5) is 0. The predicted octanol–water partition coefficient (Wildman–Crippen LogP) is 5.14. The lowest BCUT2D eigenvalue weighted by molar-refractivity contribution is 0.885. The largest absolute Gasteiger partial charge is 0.396 e. The topological polar surface area (TPSA) is 43.8 Å². The number of nitrogen functional groups attached to an aromatic ring is 1. The van der Waals surface area contributed by atoms with Crippen LogP contribution < -0.4 is 5.73 Å². The van der Waals surface area contributed by atoms with Crippen LogP contribution >= 0.6 is 46.1 Å². The lowest BCUT2D eigenvalue weighted by atomic mass is 10.2. The summed E-state index contributed by atoms with van der Waals surface area (Å²) < 4.78 is 2.36. The van der Waals surface area contributed by atoms with Gasteiger partial charge in [-0.25, -0.2) is 4.68 Å². The lowest BCUT2D eigenvalue weighted by Gasteiger charge is -2.02. The molecule has 0 bridgehead atoms. The van der Waals surface area contributed by atoms with Crippen molar-refractivity contribution in [2.45, 2.75) is 0 Å². The van der Waals surface area contributed by atoms with Crippen LogP contribution in [0.25, 0.3) is 16.9 Å². The fraction of sp³-hybridized carbons (Fsp3) is 0. The second kappa shape index (κ2) is 5.30. The minimum absolute atomic E-state index is 0.471. The summed E-state index contributed by atoms with van der Waals surface area (Å²) in [5.74, 6) is 0. The first-order chi connectivity index (χ1) is 9.54. The molecule has 0 unspecified atom stereocenters. The highest BCUT2D eigenvalue weighted by Gasteiger charge is 2.12. The summed E-state index contributed by atoms with van der Waals surface area (Å²) >= 11 is 19.3. The first-order valence-corrected chi connectivity index (χ1v) is 7.61. The average molecular weight is 345 g/mol. The number of aromatic nitrogens is 2. The number of nitrogens with two attached hydrogens (primary N) is 1. The van der Waals surface area contributed by atoms with Crippen LogP contribution in [0.5, 0.6) is 0 Å². The number of hydrogen-bond donors (Lipinski definition) is 1. The van der Waals surface area contributed by atoms with Gasteiger partial charge in [0.25, 0.3) is 0 Å². The van der Waals surface area contributed by atoms with E-state index in [1.807, 2.05) is 17.5 Å². The van der Waals surface area contributed by atoms with Crippen LogP contribution in [0.4, 0.5) is 5.69 Å². The Balaban J connectivity index is 2.06. The van der Waals surface area contributed by atoms with Crippen LogP contribution in [0.1, 0.15) is 0 Å². The molecule has 0 atom stereocenters. The van der Waals surface area contributed by atoms with E-state index >= 15 is 0 Å². The molecule has 0 spiro atoms.